The van der Waals surface area contributed by atoms with E-state index in [1.54, 1.807) is 6.92 Å². The zero-order valence-electron chi connectivity index (χ0n) is 14.7. The van der Waals surface area contributed by atoms with Gasteiger partial charge in [0.2, 0.25) is 0 Å². The van der Waals surface area contributed by atoms with Crippen molar-refractivity contribution in [3.63, 3.8) is 0 Å². The average Bonchev–Trinajstić information content (AvgIpc) is 2.84. The van der Waals surface area contributed by atoms with Crippen LogP contribution in [0.5, 0.6) is 0 Å². The van der Waals surface area contributed by atoms with Crippen molar-refractivity contribution in [1.29, 1.82) is 0 Å². The van der Waals surface area contributed by atoms with Gasteiger partial charge in [0, 0.05) is 27.4 Å². The average molecular weight is 362 g/mol. The molecule has 10 heteroatoms. The molecule has 2 saturated heterocycles. The number of carbonyl (C=O) groups is 3. The highest BCUT2D eigenvalue weighted by Crippen LogP contribution is 2.39. The fourth-order valence-electron chi connectivity index (χ4n) is 2.80. The van der Waals surface area contributed by atoms with Gasteiger partial charge >= 0.3 is 17.9 Å². The third-order valence-corrected chi connectivity index (χ3v) is 3.62. The van der Waals surface area contributed by atoms with Crippen LogP contribution in [-0.2, 0) is 47.5 Å². The summed E-state index contributed by atoms with van der Waals surface area (Å²) in [6, 6.07) is 0. The lowest BCUT2D eigenvalue weighted by molar-refractivity contribution is -0.341. The lowest BCUT2D eigenvalue weighted by Gasteiger charge is -2.39. The normalized spacial score (nSPS) is 37.1. The Bertz CT molecular complexity index is 534. The van der Waals surface area contributed by atoms with E-state index in [0.717, 1.165) is 14.0 Å². The minimum Gasteiger partial charge on any atom is -0.467 e. The molecule has 6 atom stereocenters. The van der Waals surface area contributed by atoms with Crippen molar-refractivity contribution in [2.24, 2.45) is 0 Å². The molecule has 0 radical (unpaired) electrons. The molecule has 0 aliphatic carbocycles. The summed E-state index contributed by atoms with van der Waals surface area (Å²) in [6.07, 6.45) is -5.82. The Kier molecular flexibility index (Phi) is 5.99. The van der Waals surface area contributed by atoms with Crippen LogP contribution in [0.3, 0.4) is 0 Å². The van der Waals surface area contributed by atoms with Crippen molar-refractivity contribution in [2.45, 2.75) is 64.4 Å². The second-order valence-corrected chi connectivity index (χ2v) is 5.59. The third-order valence-electron chi connectivity index (χ3n) is 3.62. The predicted octanol–water partition coefficient (Wildman–Crippen LogP) is -0.127. The zero-order chi connectivity index (χ0) is 18.8. The summed E-state index contributed by atoms with van der Waals surface area (Å²) in [6.45, 7) is 5.86. The first-order chi connectivity index (χ1) is 11.7. The lowest BCUT2D eigenvalue weighted by Crippen LogP contribution is -2.61. The molecule has 2 aliphatic rings. The van der Waals surface area contributed by atoms with Crippen molar-refractivity contribution in [1.82, 2.24) is 0 Å². The van der Waals surface area contributed by atoms with Crippen molar-refractivity contribution < 1.29 is 47.5 Å². The molecule has 2 fully saturated rings. The van der Waals surface area contributed by atoms with E-state index in [1.807, 2.05) is 0 Å². The number of rotatable bonds is 5. The molecule has 0 N–H and O–H groups in total. The largest absolute Gasteiger partial charge is 0.467 e. The third kappa shape index (κ3) is 4.27. The van der Waals surface area contributed by atoms with Gasteiger partial charge < -0.3 is 28.4 Å². The molecule has 0 amide bonds. The van der Waals surface area contributed by atoms with E-state index in [1.165, 1.54) is 13.8 Å². The van der Waals surface area contributed by atoms with Crippen LogP contribution in [-0.4, -0.2) is 68.3 Å². The number of ether oxygens (including phenoxy) is 7. The first-order valence-corrected chi connectivity index (χ1v) is 7.78. The summed E-state index contributed by atoms with van der Waals surface area (Å²) in [5, 5.41) is 0. The van der Waals surface area contributed by atoms with E-state index in [9.17, 15) is 14.4 Å². The van der Waals surface area contributed by atoms with Crippen LogP contribution < -0.4 is 0 Å². The predicted molar refractivity (Wildman–Crippen MR) is 77.8 cm³/mol. The molecule has 0 saturated carbocycles. The van der Waals surface area contributed by atoms with Crippen molar-refractivity contribution >= 4 is 17.9 Å². The van der Waals surface area contributed by atoms with E-state index in [0.29, 0.717) is 0 Å². The topological polar surface area (TPSA) is 116 Å². The highest BCUT2D eigenvalue weighted by Gasteiger charge is 2.61. The quantitative estimate of drug-likeness (QED) is 0.484. The SMILES string of the molecule is CCOC1(C)O[C@H]2O[C@H](C(=O)OC)[C@H](OC(C)=O)[C@H](OC(C)=O)[C@H]2O1. The molecule has 0 spiro atoms. The lowest BCUT2D eigenvalue weighted by atomic mass is 9.98. The zero-order valence-corrected chi connectivity index (χ0v) is 14.7. The summed E-state index contributed by atoms with van der Waals surface area (Å²) < 4.78 is 37.3. The van der Waals surface area contributed by atoms with Crippen LogP contribution in [0.1, 0.15) is 27.7 Å². The van der Waals surface area contributed by atoms with E-state index >= 15 is 0 Å². The Morgan fingerprint density at radius 2 is 1.64 bits per heavy atom. The van der Waals surface area contributed by atoms with E-state index in [2.05, 4.69) is 4.74 Å². The number of hydrogen-bond acceptors (Lipinski definition) is 10. The Morgan fingerprint density at radius 3 is 2.16 bits per heavy atom. The van der Waals surface area contributed by atoms with Crippen molar-refractivity contribution in [3.05, 3.63) is 0 Å². The van der Waals surface area contributed by atoms with Crippen molar-refractivity contribution in [2.75, 3.05) is 13.7 Å². The van der Waals surface area contributed by atoms with Crippen LogP contribution in [0.2, 0.25) is 0 Å². The number of fused-ring (bicyclic) bond motifs is 1. The molecule has 0 aromatic carbocycles. The molecule has 1 unspecified atom stereocenters. The van der Waals surface area contributed by atoms with Gasteiger partial charge in [-0.15, -0.1) is 0 Å². The molecule has 2 heterocycles. The minimum atomic E-state index is -1.46. The van der Waals surface area contributed by atoms with Gasteiger partial charge in [0.25, 0.3) is 5.97 Å². The fourth-order valence-corrected chi connectivity index (χ4v) is 2.80. The molecule has 142 valence electrons. The highest BCUT2D eigenvalue weighted by molar-refractivity contribution is 5.77. The van der Waals surface area contributed by atoms with Gasteiger partial charge in [-0.1, -0.05) is 0 Å². The molecular formula is C15H22O10. The molecule has 0 aromatic rings. The molecule has 10 nitrogen and oxygen atoms in total. The van der Waals surface area contributed by atoms with Gasteiger partial charge in [0.05, 0.1) is 7.11 Å². The summed E-state index contributed by atoms with van der Waals surface area (Å²) in [7, 11) is 1.15. The number of methoxy groups -OCH3 is 1. The highest BCUT2D eigenvalue weighted by atomic mass is 16.9. The number of hydrogen-bond donors (Lipinski definition) is 0. The molecule has 25 heavy (non-hydrogen) atoms. The number of esters is 3. The summed E-state index contributed by atoms with van der Waals surface area (Å²) in [5.74, 6) is -3.62. The Hall–Kier alpha value is -1.75. The van der Waals surface area contributed by atoms with Gasteiger partial charge in [0.15, 0.2) is 30.7 Å². The maximum absolute atomic E-state index is 12.1. The van der Waals surface area contributed by atoms with Crippen LogP contribution in [0.15, 0.2) is 0 Å². The second-order valence-electron chi connectivity index (χ2n) is 5.59. The molecule has 2 rings (SSSR count). The molecule has 0 bridgehead atoms. The molecule has 2 aliphatic heterocycles. The Morgan fingerprint density at radius 1 is 1.04 bits per heavy atom. The summed E-state index contributed by atoms with van der Waals surface area (Å²) in [4.78, 5) is 35.0. The van der Waals surface area contributed by atoms with Gasteiger partial charge in [-0.05, 0) is 6.92 Å². The monoisotopic (exact) mass is 362 g/mol. The first kappa shape index (κ1) is 19.6. The Balaban J connectivity index is 2.36. The van der Waals surface area contributed by atoms with Gasteiger partial charge in [-0.25, -0.2) is 4.79 Å². The smallest absolute Gasteiger partial charge is 0.339 e. The van der Waals surface area contributed by atoms with Crippen LogP contribution in [0.25, 0.3) is 0 Å². The van der Waals surface area contributed by atoms with Gasteiger partial charge in [0.1, 0.15) is 0 Å². The maximum Gasteiger partial charge on any atom is 0.339 e. The summed E-state index contributed by atoms with van der Waals surface area (Å²) >= 11 is 0. The first-order valence-electron chi connectivity index (χ1n) is 7.78. The van der Waals surface area contributed by atoms with Crippen LogP contribution >= 0.6 is 0 Å². The Labute approximate surface area is 144 Å². The van der Waals surface area contributed by atoms with Gasteiger partial charge in [-0.2, -0.15) is 0 Å². The summed E-state index contributed by atoms with van der Waals surface area (Å²) in [5.41, 5.74) is 0. The van der Waals surface area contributed by atoms with E-state index < -0.39 is 54.6 Å². The molecule has 0 aromatic heterocycles. The van der Waals surface area contributed by atoms with E-state index in [-0.39, 0.29) is 6.61 Å². The second kappa shape index (κ2) is 7.65. The number of carbonyl (C=O) groups excluding carboxylic acids is 3. The van der Waals surface area contributed by atoms with Gasteiger partial charge in [-0.3, -0.25) is 14.3 Å². The van der Waals surface area contributed by atoms with Crippen LogP contribution in [0.4, 0.5) is 0 Å². The molecular weight excluding hydrogens is 340 g/mol. The van der Waals surface area contributed by atoms with E-state index in [4.69, 9.17) is 28.4 Å². The maximum atomic E-state index is 12.1. The van der Waals surface area contributed by atoms with Crippen molar-refractivity contribution in [3.8, 4) is 0 Å². The van der Waals surface area contributed by atoms with Crippen LogP contribution in [0, 0.1) is 0 Å². The minimum absolute atomic E-state index is 0.280. The standard InChI is InChI=1S/C15H22O10/c1-6-20-15(4)24-12-10(22-8(3)17)9(21-7(2)16)11(13(18)19-5)23-14(12)25-15/h9-12,14H,6H2,1-5H3/t9-,10+,11+,12-,14-,15?/m1/s1. The fraction of sp³-hybridized carbons (Fsp3) is 0.800.